The highest BCUT2D eigenvalue weighted by Crippen LogP contribution is 2.32. The Kier molecular flexibility index (Phi) is 9.54. The van der Waals surface area contributed by atoms with Gasteiger partial charge in [-0.1, -0.05) is 0 Å². The van der Waals surface area contributed by atoms with Crippen LogP contribution in [-0.2, 0) is 23.7 Å². The van der Waals surface area contributed by atoms with Crippen LogP contribution in [0.4, 0.5) is 0 Å². The zero-order valence-electron chi connectivity index (χ0n) is 17.7. The van der Waals surface area contributed by atoms with Crippen molar-refractivity contribution in [1.82, 2.24) is 0 Å². The van der Waals surface area contributed by atoms with E-state index in [4.69, 9.17) is 23.7 Å². The summed E-state index contributed by atoms with van der Waals surface area (Å²) in [6, 6.07) is 0. The van der Waals surface area contributed by atoms with Gasteiger partial charge in [0.15, 0.2) is 18.9 Å². The lowest BCUT2D eigenvalue weighted by Crippen LogP contribution is -2.66. The molecule has 3 rings (SSSR count). The average Bonchev–Trinajstić information content (AvgIpc) is 2.82. The number of hydrogen-bond donors (Lipinski definition) is 11. The molecule has 3 aliphatic heterocycles. The third-order valence-corrected chi connectivity index (χ3v) is 6.09. The molecule has 3 saturated heterocycles. The van der Waals surface area contributed by atoms with Crippen LogP contribution in [0.25, 0.3) is 0 Å². The fourth-order valence-corrected chi connectivity index (χ4v) is 4.04. The lowest BCUT2D eigenvalue weighted by atomic mass is 9.96. The van der Waals surface area contributed by atoms with E-state index in [1.54, 1.807) is 0 Å². The minimum Gasteiger partial charge on any atom is -0.394 e. The Morgan fingerprint density at radius 3 is 1.26 bits per heavy atom. The number of aliphatic hydroxyl groups is 11. The second kappa shape index (κ2) is 11.6. The molecule has 0 spiro atoms. The SMILES string of the molecule is OC[C@H]1O[C@H](O[C@H]2[C@H](O)[C@@H](O[C@@H]3O[C@H](CO)[C@@H](O)[C@H](O)[C@H]3O)C(O)O[C@@H]2CO)[C@H](O)[C@@H](O)[C@@H]1O. The van der Waals surface area contributed by atoms with Gasteiger partial charge in [0.2, 0.25) is 0 Å². The van der Waals surface area contributed by atoms with Gasteiger partial charge in [-0.2, -0.15) is 0 Å². The molecule has 0 bridgehead atoms. The second-order valence-corrected chi connectivity index (χ2v) is 8.33. The van der Waals surface area contributed by atoms with Gasteiger partial charge in [-0.3, -0.25) is 0 Å². The van der Waals surface area contributed by atoms with Crippen LogP contribution in [0, 0.1) is 0 Å². The molecule has 3 heterocycles. The van der Waals surface area contributed by atoms with E-state index < -0.39 is 112 Å². The summed E-state index contributed by atoms with van der Waals surface area (Å²) in [7, 11) is 0. The molecular weight excluding hydrogens is 472 g/mol. The summed E-state index contributed by atoms with van der Waals surface area (Å²) in [5.41, 5.74) is 0. The molecule has 1 unspecified atom stereocenters. The molecule has 3 aliphatic rings. The molecule has 16 heteroatoms. The van der Waals surface area contributed by atoms with Crippen molar-refractivity contribution in [1.29, 1.82) is 0 Å². The van der Waals surface area contributed by atoms with Gasteiger partial charge < -0.3 is 79.9 Å². The van der Waals surface area contributed by atoms with Crippen molar-refractivity contribution >= 4 is 0 Å². The molecule has 0 amide bonds. The van der Waals surface area contributed by atoms with Crippen LogP contribution >= 0.6 is 0 Å². The molecule has 0 aromatic carbocycles. The van der Waals surface area contributed by atoms with Gasteiger partial charge in [0, 0.05) is 0 Å². The van der Waals surface area contributed by atoms with E-state index in [-0.39, 0.29) is 0 Å². The number of hydrogen-bond acceptors (Lipinski definition) is 16. The largest absolute Gasteiger partial charge is 0.394 e. The number of ether oxygens (including phenoxy) is 5. The van der Waals surface area contributed by atoms with Crippen LogP contribution in [0.2, 0.25) is 0 Å². The van der Waals surface area contributed by atoms with E-state index in [0.29, 0.717) is 0 Å². The van der Waals surface area contributed by atoms with Gasteiger partial charge in [-0.25, -0.2) is 0 Å². The fraction of sp³-hybridized carbons (Fsp3) is 1.00. The van der Waals surface area contributed by atoms with Crippen molar-refractivity contribution in [2.45, 2.75) is 92.1 Å². The molecule has 200 valence electrons. The zero-order chi connectivity index (χ0) is 25.3. The molecule has 34 heavy (non-hydrogen) atoms. The molecule has 11 N–H and O–H groups in total. The van der Waals surface area contributed by atoms with Crippen molar-refractivity contribution in [3.05, 3.63) is 0 Å². The monoisotopic (exact) mass is 504 g/mol. The molecule has 0 saturated carbocycles. The zero-order valence-corrected chi connectivity index (χ0v) is 17.7. The third kappa shape index (κ3) is 5.37. The van der Waals surface area contributed by atoms with E-state index in [9.17, 15) is 56.2 Å². The van der Waals surface area contributed by atoms with Crippen LogP contribution in [0.5, 0.6) is 0 Å². The van der Waals surface area contributed by atoms with E-state index in [1.165, 1.54) is 0 Å². The first-order valence-electron chi connectivity index (χ1n) is 10.6. The first kappa shape index (κ1) is 27.9. The van der Waals surface area contributed by atoms with Crippen LogP contribution < -0.4 is 0 Å². The third-order valence-electron chi connectivity index (χ3n) is 6.09. The molecule has 15 atom stereocenters. The van der Waals surface area contributed by atoms with Gasteiger partial charge in [-0.15, -0.1) is 0 Å². The molecule has 3 fully saturated rings. The number of rotatable bonds is 7. The van der Waals surface area contributed by atoms with Gasteiger partial charge in [0.25, 0.3) is 0 Å². The van der Waals surface area contributed by atoms with E-state index >= 15 is 0 Å². The van der Waals surface area contributed by atoms with Crippen molar-refractivity contribution in [3.63, 3.8) is 0 Å². The first-order valence-corrected chi connectivity index (χ1v) is 10.6. The second-order valence-electron chi connectivity index (χ2n) is 8.33. The highest BCUT2D eigenvalue weighted by atomic mass is 16.8. The number of aliphatic hydroxyl groups excluding tert-OH is 11. The standard InChI is InChI=1S/C18H32O16/c19-1-4-7(22)9(24)11(26)17(31-4)33-14-6(3-21)30-16(29)15(13(14)28)34-18-12(27)10(25)8(23)5(2-20)32-18/h4-29H,1-3H2/t4-,5-,6-,7-,8-,9+,10+,11-,12-,13+,14-,15-,16?,17-,18+/m1/s1. The maximum Gasteiger partial charge on any atom is 0.187 e. The summed E-state index contributed by atoms with van der Waals surface area (Å²) in [5, 5.41) is 109. The minimum absolute atomic E-state index is 0.750. The van der Waals surface area contributed by atoms with Gasteiger partial charge >= 0.3 is 0 Å². The van der Waals surface area contributed by atoms with Crippen molar-refractivity contribution < 1.29 is 79.9 Å². The summed E-state index contributed by atoms with van der Waals surface area (Å²) in [6.45, 7) is -2.31. The van der Waals surface area contributed by atoms with E-state index in [0.717, 1.165) is 0 Å². The quantitative estimate of drug-likeness (QED) is 0.154. The predicted molar refractivity (Wildman–Crippen MR) is 101 cm³/mol. The van der Waals surface area contributed by atoms with Gasteiger partial charge in [0.1, 0.15) is 73.2 Å². The summed E-state index contributed by atoms with van der Waals surface area (Å²) in [6.07, 6.45) is -25.4. The molecule has 0 radical (unpaired) electrons. The average molecular weight is 504 g/mol. The van der Waals surface area contributed by atoms with Crippen LogP contribution in [-0.4, -0.2) is 168 Å². The lowest BCUT2D eigenvalue weighted by Gasteiger charge is -2.47. The summed E-state index contributed by atoms with van der Waals surface area (Å²) in [5.74, 6) is 0. The van der Waals surface area contributed by atoms with E-state index in [1.807, 2.05) is 0 Å². The highest BCUT2D eigenvalue weighted by molar-refractivity contribution is 4.96. The predicted octanol–water partition coefficient (Wildman–Crippen LogP) is -7.57. The van der Waals surface area contributed by atoms with Crippen LogP contribution in [0.1, 0.15) is 0 Å². The van der Waals surface area contributed by atoms with Crippen molar-refractivity contribution in [3.8, 4) is 0 Å². The topological polar surface area (TPSA) is 269 Å². The normalized spacial score (nSPS) is 52.5. The van der Waals surface area contributed by atoms with Crippen LogP contribution in [0.15, 0.2) is 0 Å². The van der Waals surface area contributed by atoms with Crippen molar-refractivity contribution in [2.24, 2.45) is 0 Å². The Morgan fingerprint density at radius 2 is 0.853 bits per heavy atom. The van der Waals surface area contributed by atoms with Crippen LogP contribution in [0.3, 0.4) is 0 Å². The summed E-state index contributed by atoms with van der Waals surface area (Å²) < 4.78 is 26.4. The fourth-order valence-electron chi connectivity index (χ4n) is 4.04. The maximum absolute atomic E-state index is 10.8. The molecule has 0 aliphatic carbocycles. The van der Waals surface area contributed by atoms with Gasteiger partial charge in [0.05, 0.1) is 19.8 Å². The Labute approximate surface area is 192 Å². The lowest BCUT2D eigenvalue weighted by molar-refractivity contribution is -0.382. The Bertz CT molecular complexity index is 637. The minimum atomic E-state index is -1.92. The van der Waals surface area contributed by atoms with Gasteiger partial charge in [-0.05, 0) is 0 Å². The summed E-state index contributed by atoms with van der Waals surface area (Å²) in [4.78, 5) is 0. The smallest absolute Gasteiger partial charge is 0.187 e. The maximum atomic E-state index is 10.8. The molecule has 0 aromatic heterocycles. The van der Waals surface area contributed by atoms with E-state index in [2.05, 4.69) is 0 Å². The highest BCUT2D eigenvalue weighted by Gasteiger charge is 2.53. The molecule has 16 nitrogen and oxygen atoms in total. The Morgan fingerprint density at radius 1 is 0.441 bits per heavy atom. The Hall–Kier alpha value is -0.640. The first-order chi connectivity index (χ1) is 16.0. The molecular formula is C18H32O16. The van der Waals surface area contributed by atoms with Crippen molar-refractivity contribution in [2.75, 3.05) is 19.8 Å². The summed E-state index contributed by atoms with van der Waals surface area (Å²) >= 11 is 0. The molecule has 0 aromatic rings. The Balaban J connectivity index is 1.76.